The molecule has 0 radical (unpaired) electrons. The minimum Gasteiger partial charge on any atom is -0.350 e. The number of carbonyl (C=O) groups excluding carboxylic acids is 1. The van der Waals surface area contributed by atoms with Crippen molar-refractivity contribution >= 4 is 15.9 Å². The first kappa shape index (κ1) is 15.5. The molecule has 1 heterocycles. The Kier molecular flexibility index (Phi) is 4.60. The molecule has 1 aromatic carbocycles. The minimum atomic E-state index is -3.24. The van der Waals surface area contributed by atoms with Crippen molar-refractivity contribution in [1.82, 2.24) is 9.62 Å². The number of nitrogens with one attached hydrogen (secondary N) is 1. The second kappa shape index (κ2) is 6.24. The van der Waals surface area contributed by atoms with Crippen molar-refractivity contribution in [2.75, 3.05) is 19.3 Å². The molecule has 1 unspecified atom stereocenters. The van der Waals surface area contributed by atoms with E-state index in [1.165, 1.54) is 16.6 Å². The van der Waals surface area contributed by atoms with Gasteiger partial charge in [-0.15, -0.1) is 0 Å². The topological polar surface area (TPSA) is 90.3 Å². The first-order chi connectivity index (χ1) is 9.91. The van der Waals surface area contributed by atoms with Crippen LogP contribution < -0.4 is 5.32 Å². The third kappa shape index (κ3) is 3.80. The second-order valence-electron chi connectivity index (χ2n) is 5.07. The highest BCUT2D eigenvalue weighted by Crippen LogP contribution is 2.19. The lowest BCUT2D eigenvalue weighted by Gasteiger charge is -2.22. The molecule has 1 N–H and O–H groups in total. The number of carbonyl (C=O) groups is 1. The van der Waals surface area contributed by atoms with Crippen molar-refractivity contribution in [2.45, 2.75) is 18.9 Å². The molecule has 1 aliphatic rings. The fraction of sp³-hybridized carbons (Fsp3) is 0.429. The highest BCUT2D eigenvalue weighted by Gasteiger charge is 2.31. The molecule has 1 fully saturated rings. The normalized spacial score (nSPS) is 19.1. The predicted octanol–water partition coefficient (Wildman–Crippen LogP) is 0.712. The summed E-state index contributed by atoms with van der Waals surface area (Å²) in [6.45, 7) is 0.784. The lowest BCUT2D eigenvalue weighted by atomic mass is 10.1. The van der Waals surface area contributed by atoms with Crippen LogP contribution in [0, 0.1) is 11.3 Å². The first-order valence-corrected chi connectivity index (χ1v) is 8.52. The van der Waals surface area contributed by atoms with Crippen LogP contribution in [0.5, 0.6) is 0 Å². The van der Waals surface area contributed by atoms with Crippen LogP contribution in [0.25, 0.3) is 0 Å². The maximum Gasteiger partial charge on any atom is 0.251 e. The van der Waals surface area contributed by atoms with Crippen LogP contribution in [0.2, 0.25) is 0 Å². The summed E-state index contributed by atoms with van der Waals surface area (Å²) < 4.78 is 24.7. The van der Waals surface area contributed by atoms with E-state index in [0.717, 1.165) is 12.8 Å². The van der Waals surface area contributed by atoms with Gasteiger partial charge in [0, 0.05) is 24.7 Å². The van der Waals surface area contributed by atoms with Gasteiger partial charge in [-0.1, -0.05) is 6.07 Å². The molecule has 1 saturated heterocycles. The number of nitrogens with zero attached hydrogens (tertiary/aromatic N) is 2. The smallest absolute Gasteiger partial charge is 0.251 e. The quantitative estimate of drug-likeness (QED) is 0.887. The van der Waals surface area contributed by atoms with Crippen LogP contribution in [0.15, 0.2) is 24.3 Å². The summed E-state index contributed by atoms with van der Waals surface area (Å²) >= 11 is 0. The highest BCUT2D eigenvalue weighted by atomic mass is 32.2. The number of sulfonamides is 1. The Balaban J connectivity index is 1.99. The Morgan fingerprint density at radius 1 is 1.52 bits per heavy atom. The monoisotopic (exact) mass is 307 g/mol. The van der Waals surface area contributed by atoms with E-state index in [1.54, 1.807) is 18.2 Å². The van der Waals surface area contributed by atoms with E-state index in [0.29, 0.717) is 17.7 Å². The largest absolute Gasteiger partial charge is 0.350 e. The average molecular weight is 307 g/mol. The molecule has 1 amide bonds. The SMILES string of the molecule is CS(=O)(=O)N1CCCC1CNC(=O)c1cccc(C#N)c1. The molecule has 1 aromatic rings. The molecule has 1 atom stereocenters. The van der Waals surface area contributed by atoms with Crippen molar-refractivity contribution in [3.8, 4) is 6.07 Å². The third-order valence-electron chi connectivity index (χ3n) is 3.50. The van der Waals surface area contributed by atoms with E-state index < -0.39 is 10.0 Å². The molecule has 21 heavy (non-hydrogen) atoms. The minimum absolute atomic E-state index is 0.192. The summed E-state index contributed by atoms with van der Waals surface area (Å²) in [5.41, 5.74) is 0.819. The Morgan fingerprint density at radius 3 is 2.95 bits per heavy atom. The molecule has 0 aromatic heterocycles. The summed E-state index contributed by atoms with van der Waals surface area (Å²) in [4.78, 5) is 12.0. The molecular formula is C14H17N3O3S. The Labute approximate surface area is 124 Å². The van der Waals surface area contributed by atoms with Crippen LogP contribution in [0.4, 0.5) is 0 Å². The van der Waals surface area contributed by atoms with Crippen molar-refractivity contribution < 1.29 is 13.2 Å². The molecule has 0 spiro atoms. The highest BCUT2D eigenvalue weighted by molar-refractivity contribution is 7.88. The fourth-order valence-electron chi connectivity index (χ4n) is 2.49. The van der Waals surface area contributed by atoms with Gasteiger partial charge in [0.2, 0.25) is 10.0 Å². The van der Waals surface area contributed by atoms with Gasteiger partial charge in [0.15, 0.2) is 0 Å². The zero-order valence-corrected chi connectivity index (χ0v) is 12.6. The van der Waals surface area contributed by atoms with Gasteiger partial charge in [0.05, 0.1) is 17.9 Å². The van der Waals surface area contributed by atoms with Crippen LogP contribution in [0.1, 0.15) is 28.8 Å². The lowest BCUT2D eigenvalue weighted by molar-refractivity contribution is 0.0946. The van der Waals surface area contributed by atoms with E-state index in [1.807, 2.05) is 6.07 Å². The summed E-state index contributed by atoms with van der Waals surface area (Å²) in [6.07, 6.45) is 2.73. The van der Waals surface area contributed by atoms with Gasteiger partial charge in [-0.3, -0.25) is 4.79 Å². The predicted molar refractivity (Wildman–Crippen MR) is 78.1 cm³/mol. The zero-order valence-electron chi connectivity index (χ0n) is 11.7. The lowest BCUT2D eigenvalue weighted by Crippen LogP contribution is -2.42. The maximum absolute atomic E-state index is 12.0. The molecule has 7 heteroatoms. The summed E-state index contributed by atoms with van der Waals surface area (Å²) in [6, 6.07) is 8.19. The van der Waals surface area contributed by atoms with E-state index in [4.69, 9.17) is 5.26 Å². The summed E-state index contributed by atoms with van der Waals surface area (Å²) in [7, 11) is -3.24. The second-order valence-corrected chi connectivity index (χ2v) is 7.01. The molecule has 1 aliphatic heterocycles. The van der Waals surface area contributed by atoms with E-state index >= 15 is 0 Å². The summed E-state index contributed by atoms with van der Waals surface area (Å²) in [5, 5.41) is 11.6. The van der Waals surface area contributed by atoms with Crippen LogP contribution in [0.3, 0.4) is 0 Å². The van der Waals surface area contributed by atoms with Crippen molar-refractivity contribution in [3.05, 3.63) is 35.4 Å². The van der Waals surface area contributed by atoms with Gasteiger partial charge >= 0.3 is 0 Å². The van der Waals surface area contributed by atoms with Gasteiger partial charge in [-0.05, 0) is 31.0 Å². The Bertz CT molecular complexity index is 679. The molecular weight excluding hydrogens is 290 g/mol. The van der Waals surface area contributed by atoms with Crippen molar-refractivity contribution in [1.29, 1.82) is 5.26 Å². The Hall–Kier alpha value is -1.91. The fourth-order valence-corrected chi connectivity index (χ4v) is 3.67. The van der Waals surface area contributed by atoms with Gasteiger partial charge in [-0.2, -0.15) is 9.57 Å². The maximum atomic E-state index is 12.0. The van der Waals surface area contributed by atoms with Gasteiger partial charge in [0.25, 0.3) is 5.91 Å². The van der Waals surface area contributed by atoms with Crippen LogP contribution >= 0.6 is 0 Å². The molecule has 2 rings (SSSR count). The van der Waals surface area contributed by atoms with E-state index in [-0.39, 0.29) is 18.5 Å². The summed E-state index contributed by atoms with van der Waals surface area (Å²) in [5.74, 6) is -0.299. The van der Waals surface area contributed by atoms with Crippen LogP contribution in [-0.2, 0) is 10.0 Å². The van der Waals surface area contributed by atoms with Crippen LogP contribution in [-0.4, -0.2) is 44.0 Å². The molecule has 0 bridgehead atoms. The van der Waals surface area contributed by atoms with E-state index in [9.17, 15) is 13.2 Å². The van der Waals surface area contributed by atoms with Gasteiger partial charge in [-0.25, -0.2) is 8.42 Å². The number of hydrogen-bond acceptors (Lipinski definition) is 4. The Morgan fingerprint density at radius 2 is 2.29 bits per heavy atom. The molecule has 6 nitrogen and oxygen atoms in total. The number of amides is 1. The van der Waals surface area contributed by atoms with Crippen molar-refractivity contribution in [3.63, 3.8) is 0 Å². The van der Waals surface area contributed by atoms with Gasteiger partial charge < -0.3 is 5.32 Å². The molecule has 0 saturated carbocycles. The number of rotatable bonds is 4. The van der Waals surface area contributed by atoms with Crippen molar-refractivity contribution in [2.24, 2.45) is 0 Å². The molecule has 0 aliphatic carbocycles. The first-order valence-electron chi connectivity index (χ1n) is 6.67. The number of nitriles is 1. The third-order valence-corrected chi connectivity index (χ3v) is 4.83. The number of benzene rings is 1. The molecule has 112 valence electrons. The standard InChI is InChI=1S/C14H17N3O3S/c1-21(19,20)17-7-3-6-13(17)10-16-14(18)12-5-2-4-11(8-12)9-15/h2,4-5,8,13H,3,6-7,10H2,1H3,(H,16,18). The average Bonchev–Trinajstić information content (AvgIpc) is 2.93. The van der Waals surface area contributed by atoms with Gasteiger partial charge in [0.1, 0.15) is 0 Å². The van der Waals surface area contributed by atoms with E-state index in [2.05, 4.69) is 5.32 Å². The zero-order chi connectivity index (χ0) is 15.5. The number of hydrogen-bond donors (Lipinski definition) is 1.